The Labute approximate surface area is 88.4 Å². The minimum absolute atomic E-state index is 0.00874. The van der Waals surface area contributed by atoms with Crippen molar-refractivity contribution in [3.63, 3.8) is 0 Å². The van der Waals surface area contributed by atoms with E-state index in [1.807, 2.05) is 0 Å². The summed E-state index contributed by atoms with van der Waals surface area (Å²) in [6, 6.07) is 3.25. The first-order chi connectivity index (χ1) is 7.22. The molecule has 0 saturated carbocycles. The van der Waals surface area contributed by atoms with E-state index in [9.17, 15) is 5.11 Å². The molecule has 0 unspecified atom stereocenters. The molecule has 15 heavy (non-hydrogen) atoms. The molecule has 0 saturated heterocycles. The number of phenols is 1. The number of aliphatic hydroxyl groups excluding tert-OH is 1. The molecule has 0 bridgehead atoms. The Morgan fingerprint density at radius 1 is 1.27 bits per heavy atom. The van der Waals surface area contributed by atoms with Gasteiger partial charge in [0.2, 0.25) is 5.75 Å². The zero-order chi connectivity index (χ0) is 11.3. The van der Waals surface area contributed by atoms with E-state index in [1.54, 1.807) is 18.2 Å². The molecule has 1 aromatic rings. The fourth-order valence-electron chi connectivity index (χ4n) is 1.25. The molecule has 1 rings (SSSR count). The maximum Gasteiger partial charge on any atom is 0.203 e. The van der Waals surface area contributed by atoms with Gasteiger partial charge in [-0.3, -0.25) is 0 Å². The molecule has 0 aromatic heterocycles. The molecule has 82 valence electrons. The molecule has 0 aliphatic carbocycles. The topological polar surface area (TPSA) is 58.9 Å². The van der Waals surface area contributed by atoms with Crippen LogP contribution in [0.5, 0.6) is 17.2 Å². The molecule has 0 fully saturated rings. The van der Waals surface area contributed by atoms with Gasteiger partial charge < -0.3 is 19.7 Å². The van der Waals surface area contributed by atoms with Gasteiger partial charge in [-0.2, -0.15) is 0 Å². The quantitative estimate of drug-likeness (QED) is 0.789. The summed E-state index contributed by atoms with van der Waals surface area (Å²) in [4.78, 5) is 0. The fourth-order valence-corrected chi connectivity index (χ4v) is 1.25. The van der Waals surface area contributed by atoms with Crippen molar-refractivity contribution < 1.29 is 19.7 Å². The Balaban J connectivity index is 3.13. The van der Waals surface area contributed by atoms with Gasteiger partial charge >= 0.3 is 0 Å². The molecule has 1 aromatic carbocycles. The van der Waals surface area contributed by atoms with Gasteiger partial charge in [0.05, 0.1) is 20.8 Å². The second-order valence-electron chi connectivity index (χ2n) is 2.86. The van der Waals surface area contributed by atoms with Crippen molar-refractivity contribution in [1.82, 2.24) is 0 Å². The van der Waals surface area contributed by atoms with E-state index in [-0.39, 0.29) is 12.4 Å². The highest BCUT2D eigenvalue weighted by Crippen LogP contribution is 2.37. The number of ether oxygens (including phenoxy) is 2. The molecular formula is C11H14O4. The molecule has 4 heteroatoms. The van der Waals surface area contributed by atoms with Crippen molar-refractivity contribution in [2.24, 2.45) is 0 Å². The predicted octanol–water partition coefficient (Wildman–Crippen LogP) is 1.41. The summed E-state index contributed by atoms with van der Waals surface area (Å²) in [7, 11) is 2.96. The van der Waals surface area contributed by atoms with Gasteiger partial charge in [-0.25, -0.2) is 0 Å². The van der Waals surface area contributed by atoms with E-state index in [2.05, 4.69) is 0 Å². The lowest BCUT2D eigenvalue weighted by Crippen LogP contribution is -1.91. The van der Waals surface area contributed by atoms with Crippen LogP contribution in [-0.4, -0.2) is 31.0 Å². The molecule has 0 aliphatic rings. The lowest BCUT2D eigenvalue weighted by Gasteiger charge is -2.09. The van der Waals surface area contributed by atoms with Crippen LogP contribution in [0.25, 0.3) is 6.08 Å². The number of phenolic OH excluding ortho intramolecular Hbond substituents is 1. The zero-order valence-electron chi connectivity index (χ0n) is 8.73. The third kappa shape index (κ3) is 2.63. The second kappa shape index (κ2) is 5.26. The van der Waals surface area contributed by atoms with Crippen molar-refractivity contribution in [2.75, 3.05) is 20.8 Å². The number of aromatic hydroxyl groups is 1. The van der Waals surface area contributed by atoms with Gasteiger partial charge in [0.25, 0.3) is 0 Å². The summed E-state index contributed by atoms with van der Waals surface area (Å²) in [5, 5.41) is 18.2. The molecule has 0 aliphatic heterocycles. The summed E-state index contributed by atoms with van der Waals surface area (Å²) in [6.45, 7) is -0.0465. The van der Waals surface area contributed by atoms with Gasteiger partial charge in [0, 0.05) is 0 Å². The van der Waals surface area contributed by atoms with Crippen LogP contribution in [0.3, 0.4) is 0 Å². The summed E-state index contributed by atoms with van der Waals surface area (Å²) in [6.07, 6.45) is 3.25. The van der Waals surface area contributed by atoms with Crippen LogP contribution >= 0.6 is 0 Å². The molecule has 0 amide bonds. The Hall–Kier alpha value is -1.68. The first-order valence-electron chi connectivity index (χ1n) is 4.45. The lowest BCUT2D eigenvalue weighted by atomic mass is 10.1. The van der Waals surface area contributed by atoms with Crippen molar-refractivity contribution >= 4 is 6.08 Å². The summed E-state index contributed by atoms with van der Waals surface area (Å²) < 4.78 is 10.0. The monoisotopic (exact) mass is 210 g/mol. The van der Waals surface area contributed by atoms with Crippen LogP contribution in [0, 0.1) is 0 Å². The highest BCUT2D eigenvalue weighted by atomic mass is 16.5. The van der Waals surface area contributed by atoms with Gasteiger partial charge in [-0.1, -0.05) is 12.2 Å². The highest BCUT2D eigenvalue weighted by molar-refractivity contribution is 5.61. The Morgan fingerprint density at radius 3 is 2.53 bits per heavy atom. The van der Waals surface area contributed by atoms with E-state index in [0.29, 0.717) is 11.5 Å². The number of rotatable bonds is 4. The van der Waals surface area contributed by atoms with Crippen molar-refractivity contribution in [2.45, 2.75) is 0 Å². The normalized spacial score (nSPS) is 10.6. The Morgan fingerprint density at radius 2 is 2.00 bits per heavy atom. The SMILES string of the molecule is COc1cc(/C=C/CO)cc(O)c1OC. The number of hydrogen-bond acceptors (Lipinski definition) is 4. The third-order valence-corrected chi connectivity index (χ3v) is 1.90. The van der Waals surface area contributed by atoms with E-state index < -0.39 is 0 Å². The molecule has 0 atom stereocenters. The third-order valence-electron chi connectivity index (χ3n) is 1.90. The van der Waals surface area contributed by atoms with Crippen molar-refractivity contribution in [3.8, 4) is 17.2 Å². The summed E-state index contributed by atoms with van der Waals surface area (Å²) in [5.41, 5.74) is 0.735. The minimum atomic E-state index is -0.0465. The number of benzene rings is 1. The zero-order valence-corrected chi connectivity index (χ0v) is 8.73. The molecule has 2 N–H and O–H groups in total. The molecular weight excluding hydrogens is 196 g/mol. The number of hydrogen-bond donors (Lipinski definition) is 2. The smallest absolute Gasteiger partial charge is 0.203 e. The van der Waals surface area contributed by atoms with Crippen LogP contribution in [0.4, 0.5) is 0 Å². The number of methoxy groups -OCH3 is 2. The standard InChI is InChI=1S/C11H14O4/c1-14-10-7-8(4-3-5-12)6-9(13)11(10)15-2/h3-4,6-7,12-13H,5H2,1-2H3/b4-3+. The van der Waals surface area contributed by atoms with E-state index >= 15 is 0 Å². The van der Waals surface area contributed by atoms with E-state index in [4.69, 9.17) is 14.6 Å². The maximum atomic E-state index is 9.60. The van der Waals surface area contributed by atoms with Gasteiger partial charge in [-0.15, -0.1) is 0 Å². The predicted molar refractivity (Wildman–Crippen MR) is 57.3 cm³/mol. The van der Waals surface area contributed by atoms with Gasteiger partial charge in [0.1, 0.15) is 0 Å². The molecule has 0 radical (unpaired) electrons. The summed E-state index contributed by atoms with van der Waals surface area (Å²) in [5.74, 6) is 0.767. The van der Waals surface area contributed by atoms with Gasteiger partial charge in [0.15, 0.2) is 11.5 Å². The lowest BCUT2D eigenvalue weighted by molar-refractivity contribution is 0.333. The first-order valence-corrected chi connectivity index (χ1v) is 4.45. The van der Waals surface area contributed by atoms with E-state index in [1.165, 1.54) is 20.3 Å². The molecule has 0 heterocycles. The minimum Gasteiger partial charge on any atom is -0.504 e. The molecule has 0 spiro atoms. The number of aliphatic hydroxyl groups is 1. The van der Waals surface area contributed by atoms with Crippen molar-refractivity contribution in [3.05, 3.63) is 23.8 Å². The van der Waals surface area contributed by atoms with Crippen molar-refractivity contribution in [1.29, 1.82) is 0 Å². The second-order valence-corrected chi connectivity index (χ2v) is 2.86. The van der Waals surface area contributed by atoms with Crippen LogP contribution in [-0.2, 0) is 0 Å². The van der Waals surface area contributed by atoms with Crippen LogP contribution in [0.1, 0.15) is 5.56 Å². The first kappa shape index (κ1) is 11.4. The Kier molecular flexibility index (Phi) is 4.00. The van der Waals surface area contributed by atoms with Crippen LogP contribution in [0.15, 0.2) is 18.2 Å². The fraction of sp³-hybridized carbons (Fsp3) is 0.273. The Bertz CT molecular complexity index is 358. The molecule has 4 nitrogen and oxygen atoms in total. The maximum absolute atomic E-state index is 9.60. The van der Waals surface area contributed by atoms with Gasteiger partial charge in [-0.05, 0) is 17.7 Å². The highest BCUT2D eigenvalue weighted by Gasteiger charge is 2.09. The van der Waals surface area contributed by atoms with Crippen LogP contribution < -0.4 is 9.47 Å². The average molecular weight is 210 g/mol. The van der Waals surface area contributed by atoms with Crippen LogP contribution in [0.2, 0.25) is 0 Å². The average Bonchev–Trinajstić information content (AvgIpc) is 2.25. The largest absolute Gasteiger partial charge is 0.504 e. The van der Waals surface area contributed by atoms with E-state index in [0.717, 1.165) is 5.56 Å². The summed E-state index contributed by atoms with van der Waals surface area (Å²) >= 11 is 0.